The van der Waals surface area contributed by atoms with E-state index in [9.17, 15) is 5.11 Å². The van der Waals surface area contributed by atoms with Gasteiger partial charge in [-0.2, -0.15) is 0 Å². The first-order valence-electron chi connectivity index (χ1n) is 5.87. The number of hydrogen-bond donors (Lipinski definition) is 1. The molecule has 2 nitrogen and oxygen atoms in total. The first-order valence-corrected chi connectivity index (χ1v) is 5.87. The Morgan fingerprint density at radius 2 is 2.00 bits per heavy atom. The molecule has 1 aliphatic rings. The summed E-state index contributed by atoms with van der Waals surface area (Å²) < 4.78 is 0. The minimum atomic E-state index is -0.392. The van der Waals surface area contributed by atoms with E-state index >= 15 is 0 Å². The summed E-state index contributed by atoms with van der Waals surface area (Å²) in [6.07, 6.45) is 3.01. The van der Waals surface area contributed by atoms with E-state index in [1.54, 1.807) is 0 Å². The standard InChI is InChI=1S/C14H15NO/c16-14(9-10-5-6-10)13-8-7-11-3-1-2-4-12(11)15-13/h1-4,7-8,10,14,16H,5-6,9H2. The van der Waals surface area contributed by atoms with Gasteiger partial charge in [0.05, 0.1) is 17.3 Å². The number of nitrogens with zero attached hydrogens (tertiary/aromatic N) is 1. The molecule has 1 atom stereocenters. The molecule has 0 spiro atoms. The monoisotopic (exact) mass is 213 g/mol. The molecule has 1 aromatic carbocycles. The third-order valence-electron chi connectivity index (χ3n) is 3.21. The Kier molecular flexibility index (Phi) is 2.37. The zero-order valence-corrected chi connectivity index (χ0v) is 9.13. The van der Waals surface area contributed by atoms with Gasteiger partial charge in [0.15, 0.2) is 0 Å². The number of rotatable bonds is 3. The summed E-state index contributed by atoms with van der Waals surface area (Å²) in [5, 5.41) is 11.2. The molecule has 3 rings (SSSR count). The highest BCUT2D eigenvalue weighted by Gasteiger charge is 2.25. The fourth-order valence-electron chi connectivity index (χ4n) is 2.06. The van der Waals surface area contributed by atoms with E-state index < -0.39 is 6.10 Å². The molecule has 0 saturated heterocycles. The quantitative estimate of drug-likeness (QED) is 0.850. The first kappa shape index (κ1) is 9.79. The number of pyridine rings is 1. The van der Waals surface area contributed by atoms with Gasteiger partial charge in [0.1, 0.15) is 0 Å². The first-order chi connectivity index (χ1) is 7.83. The smallest absolute Gasteiger partial charge is 0.0962 e. The van der Waals surface area contributed by atoms with E-state index in [1.807, 2.05) is 36.4 Å². The maximum Gasteiger partial charge on any atom is 0.0962 e. The van der Waals surface area contributed by atoms with Crippen molar-refractivity contribution >= 4 is 10.9 Å². The summed E-state index contributed by atoms with van der Waals surface area (Å²) in [6.45, 7) is 0. The molecular formula is C14H15NO. The molecule has 0 bridgehead atoms. The van der Waals surface area contributed by atoms with E-state index in [4.69, 9.17) is 0 Å². The van der Waals surface area contributed by atoms with Crippen molar-refractivity contribution in [1.29, 1.82) is 0 Å². The maximum absolute atomic E-state index is 10.0. The molecule has 0 radical (unpaired) electrons. The van der Waals surface area contributed by atoms with Crippen molar-refractivity contribution in [3.63, 3.8) is 0 Å². The number of benzene rings is 1. The third-order valence-corrected chi connectivity index (χ3v) is 3.21. The molecule has 16 heavy (non-hydrogen) atoms. The van der Waals surface area contributed by atoms with Crippen LogP contribution in [-0.4, -0.2) is 10.1 Å². The van der Waals surface area contributed by atoms with E-state index in [2.05, 4.69) is 4.98 Å². The lowest BCUT2D eigenvalue weighted by Gasteiger charge is -2.09. The van der Waals surface area contributed by atoms with Crippen LogP contribution >= 0.6 is 0 Å². The minimum absolute atomic E-state index is 0.392. The number of fused-ring (bicyclic) bond motifs is 1. The van der Waals surface area contributed by atoms with Crippen LogP contribution in [0.3, 0.4) is 0 Å². The fourth-order valence-corrected chi connectivity index (χ4v) is 2.06. The lowest BCUT2D eigenvalue weighted by atomic mass is 10.1. The van der Waals surface area contributed by atoms with Gasteiger partial charge in [-0.05, 0) is 24.5 Å². The SMILES string of the molecule is OC(CC1CC1)c1ccc2ccccc2n1. The highest BCUT2D eigenvalue weighted by Crippen LogP contribution is 2.37. The Balaban J connectivity index is 1.91. The van der Waals surface area contributed by atoms with Gasteiger partial charge in [-0.3, -0.25) is 4.98 Å². The van der Waals surface area contributed by atoms with Gasteiger partial charge in [0.2, 0.25) is 0 Å². The van der Waals surface area contributed by atoms with Crippen LogP contribution in [0.5, 0.6) is 0 Å². The number of hydrogen-bond acceptors (Lipinski definition) is 2. The Morgan fingerprint density at radius 1 is 1.19 bits per heavy atom. The predicted octanol–water partition coefficient (Wildman–Crippen LogP) is 3.07. The third kappa shape index (κ3) is 1.93. The molecule has 1 unspecified atom stereocenters. The van der Waals surface area contributed by atoms with Crippen LogP contribution < -0.4 is 0 Å². The second-order valence-corrected chi connectivity index (χ2v) is 4.62. The van der Waals surface area contributed by atoms with Gasteiger partial charge >= 0.3 is 0 Å². The summed E-state index contributed by atoms with van der Waals surface area (Å²) in [5.74, 6) is 0.725. The van der Waals surface area contributed by atoms with Gasteiger partial charge < -0.3 is 5.11 Å². The Bertz CT molecular complexity index is 505. The zero-order valence-electron chi connectivity index (χ0n) is 9.13. The average Bonchev–Trinajstić information content (AvgIpc) is 3.12. The van der Waals surface area contributed by atoms with Gasteiger partial charge in [0.25, 0.3) is 0 Å². The van der Waals surface area contributed by atoms with Gasteiger partial charge in [-0.25, -0.2) is 0 Å². The lowest BCUT2D eigenvalue weighted by molar-refractivity contribution is 0.156. The van der Waals surface area contributed by atoms with Crippen LogP contribution in [0.15, 0.2) is 36.4 Å². The van der Waals surface area contributed by atoms with Crippen LogP contribution in [0.2, 0.25) is 0 Å². The average molecular weight is 213 g/mol. The van der Waals surface area contributed by atoms with Crippen molar-refractivity contribution in [2.45, 2.75) is 25.4 Å². The minimum Gasteiger partial charge on any atom is -0.387 e. The van der Waals surface area contributed by atoms with Crippen LogP contribution in [-0.2, 0) is 0 Å². The highest BCUT2D eigenvalue weighted by molar-refractivity contribution is 5.78. The van der Waals surface area contributed by atoms with Crippen LogP contribution in [0.4, 0.5) is 0 Å². The Labute approximate surface area is 94.9 Å². The molecular weight excluding hydrogens is 198 g/mol. The van der Waals surface area contributed by atoms with Crippen molar-refractivity contribution in [3.05, 3.63) is 42.1 Å². The largest absolute Gasteiger partial charge is 0.387 e. The number of para-hydroxylation sites is 1. The molecule has 1 fully saturated rings. The van der Waals surface area contributed by atoms with Crippen LogP contribution in [0.1, 0.15) is 31.1 Å². The lowest BCUT2D eigenvalue weighted by Crippen LogP contribution is -2.01. The molecule has 1 saturated carbocycles. The van der Waals surface area contributed by atoms with Crippen molar-refractivity contribution in [3.8, 4) is 0 Å². The summed E-state index contributed by atoms with van der Waals surface area (Å²) >= 11 is 0. The molecule has 1 N–H and O–H groups in total. The van der Waals surface area contributed by atoms with E-state index in [-0.39, 0.29) is 0 Å². The molecule has 1 heterocycles. The molecule has 82 valence electrons. The summed E-state index contributed by atoms with van der Waals surface area (Å²) in [6, 6.07) is 12.0. The molecule has 2 aromatic rings. The van der Waals surface area contributed by atoms with Crippen molar-refractivity contribution in [2.75, 3.05) is 0 Å². The van der Waals surface area contributed by atoms with E-state index in [0.29, 0.717) is 0 Å². The molecule has 1 aliphatic carbocycles. The second-order valence-electron chi connectivity index (χ2n) is 4.62. The second kappa shape index (κ2) is 3.87. The number of aromatic nitrogens is 1. The normalized spacial score (nSPS) is 17.6. The fraction of sp³-hybridized carbons (Fsp3) is 0.357. The van der Waals surface area contributed by atoms with Crippen LogP contribution in [0.25, 0.3) is 10.9 Å². The number of aliphatic hydroxyl groups is 1. The molecule has 2 heteroatoms. The summed E-state index contributed by atoms with van der Waals surface area (Å²) in [7, 11) is 0. The van der Waals surface area contributed by atoms with Gasteiger partial charge in [-0.15, -0.1) is 0 Å². The molecule has 1 aromatic heterocycles. The predicted molar refractivity (Wildman–Crippen MR) is 64.0 cm³/mol. The summed E-state index contributed by atoms with van der Waals surface area (Å²) in [5.41, 5.74) is 1.78. The number of aliphatic hydroxyl groups excluding tert-OH is 1. The summed E-state index contributed by atoms with van der Waals surface area (Å²) in [4.78, 5) is 4.51. The molecule has 0 amide bonds. The van der Waals surface area contributed by atoms with Gasteiger partial charge in [-0.1, -0.05) is 37.1 Å². The zero-order chi connectivity index (χ0) is 11.0. The molecule has 0 aliphatic heterocycles. The van der Waals surface area contributed by atoms with Gasteiger partial charge in [0, 0.05) is 5.39 Å². The van der Waals surface area contributed by atoms with Crippen molar-refractivity contribution in [2.24, 2.45) is 5.92 Å². The van der Waals surface area contributed by atoms with Crippen molar-refractivity contribution in [1.82, 2.24) is 4.98 Å². The Morgan fingerprint density at radius 3 is 2.81 bits per heavy atom. The van der Waals surface area contributed by atoms with E-state index in [0.717, 1.165) is 28.9 Å². The van der Waals surface area contributed by atoms with E-state index in [1.165, 1.54) is 12.8 Å². The Hall–Kier alpha value is -1.41. The van der Waals surface area contributed by atoms with Crippen LogP contribution in [0, 0.1) is 5.92 Å². The highest BCUT2D eigenvalue weighted by atomic mass is 16.3. The maximum atomic E-state index is 10.0. The van der Waals surface area contributed by atoms with Crippen molar-refractivity contribution < 1.29 is 5.11 Å². The topological polar surface area (TPSA) is 33.1 Å².